The maximum Gasteiger partial charge on any atom is 0.240 e. The molecule has 9 heteroatoms. The minimum Gasteiger partial charge on any atom is -0.346 e. The van der Waals surface area contributed by atoms with Crippen LogP contribution in [0.2, 0.25) is 0 Å². The number of likely N-dealkylation sites (tertiary alicyclic amines) is 1. The molecule has 32 heavy (non-hydrogen) atoms. The molecule has 1 amide bonds. The minimum absolute atomic E-state index is 0.0788. The molecule has 5 rings (SSSR count). The lowest BCUT2D eigenvalue weighted by Gasteiger charge is -2.37. The molecule has 4 heterocycles. The van der Waals surface area contributed by atoms with Crippen LogP contribution < -0.4 is 10.2 Å². The van der Waals surface area contributed by atoms with Crippen molar-refractivity contribution < 1.29 is 9.59 Å². The van der Waals surface area contributed by atoms with E-state index < -0.39 is 0 Å². The van der Waals surface area contributed by atoms with Crippen molar-refractivity contribution in [2.24, 2.45) is 0 Å². The number of anilines is 1. The van der Waals surface area contributed by atoms with Crippen LogP contribution >= 0.6 is 11.3 Å². The SMILES string of the molecule is N#Cc1ccc(-c2csc(N3CCN([C@@H]4CN[C@H](C(=O)N5CCC(=O)C5)C4)CC3)n2)cc1. The number of rotatable bonds is 4. The first-order valence-electron chi connectivity index (χ1n) is 11.1. The minimum atomic E-state index is -0.169. The fraction of sp³-hybridized carbons (Fsp3) is 0.478. The van der Waals surface area contributed by atoms with E-state index in [2.05, 4.69) is 26.6 Å². The van der Waals surface area contributed by atoms with Crippen molar-refractivity contribution in [3.05, 3.63) is 35.2 Å². The van der Waals surface area contributed by atoms with Crippen LogP contribution in [0.25, 0.3) is 11.3 Å². The Morgan fingerprint density at radius 3 is 2.62 bits per heavy atom. The highest BCUT2D eigenvalue weighted by Gasteiger charge is 2.37. The number of piperazine rings is 1. The zero-order valence-corrected chi connectivity index (χ0v) is 18.7. The van der Waals surface area contributed by atoms with Crippen molar-refractivity contribution in [3.63, 3.8) is 0 Å². The number of nitrogens with zero attached hydrogens (tertiary/aromatic N) is 5. The molecule has 3 fully saturated rings. The third-order valence-corrected chi connectivity index (χ3v) is 7.55. The van der Waals surface area contributed by atoms with E-state index in [-0.39, 0.29) is 24.3 Å². The normalized spacial score (nSPS) is 24.2. The van der Waals surface area contributed by atoms with Crippen LogP contribution in [0.15, 0.2) is 29.6 Å². The summed E-state index contributed by atoms with van der Waals surface area (Å²) in [6.45, 7) is 5.38. The summed E-state index contributed by atoms with van der Waals surface area (Å²) in [6, 6.07) is 9.86. The molecule has 3 aliphatic rings. The number of thiazole rings is 1. The molecule has 3 saturated heterocycles. The van der Waals surface area contributed by atoms with E-state index in [0.29, 0.717) is 24.6 Å². The fourth-order valence-corrected chi connectivity index (χ4v) is 5.65. The standard InChI is InChI=1S/C23H26N6O2S/c24-12-16-1-3-17(4-2-16)21-15-32-23(26-21)28-9-7-27(8-10-28)18-11-20(25-13-18)22(31)29-6-5-19(30)14-29/h1-4,15,18,20,25H,5-11,13-14H2/t18-,20-/m0/s1. The van der Waals surface area contributed by atoms with E-state index in [0.717, 1.165) is 55.5 Å². The number of amides is 1. The Morgan fingerprint density at radius 1 is 1.16 bits per heavy atom. The second-order valence-corrected chi connectivity index (χ2v) is 9.46. The summed E-state index contributed by atoms with van der Waals surface area (Å²) in [7, 11) is 0. The molecule has 0 bridgehead atoms. The van der Waals surface area contributed by atoms with Gasteiger partial charge in [0.15, 0.2) is 10.9 Å². The number of ketones is 1. The van der Waals surface area contributed by atoms with E-state index in [1.807, 2.05) is 24.3 Å². The molecule has 1 N–H and O–H groups in total. The zero-order valence-electron chi connectivity index (χ0n) is 17.9. The van der Waals surface area contributed by atoms with Gasteiger partial charge in [-0.3, -0.25) is 14.5 Å². The van der Waals surface area contributed by atoms with Crippen molar-refractivity contribution in [1.29, 1.82) is 5.26 Å². The van der Waals surface area contributed by atoms with Gasteiger partial charge in [-0.05, 0) is 18.6 Å². The largest absolute Gasteiger partial charge is 0.346 e. The van der Waals surface area contributed by atoms with Gasteiger partial charge in [0.25, 0.3) is 0 Å². The Balaban J connectivity index is 1.14. The summed E-state index contributed by atoms with van der Waals surface area (Å²) in [5.74, 6) is 0.239. The highest BCUT2D eigenvalue weighted by molar-refractivity contribution is 7.14. The molecule has 0 radical (unpaired) electrons. The molecule has 0 saturated carbocycles. The van der Waals surface area contributed by atoms with Gasteiger partial charge in [-0.2, -0.15) is 5.26 Å². The maximum absolute atomic E-state index is 12.7. The topological polar surface area (TPSA) is 92.6 Å². The number of benzene rings is 1. The summed E-state index contributed by atoms with van der Waals surface area (Å²) in [4.78, 5) is 35.5. The van der Waals surface area contributed by atoms with Gasteiger partial charge in [0.1, 0.15) is 0 Å². The first kappa shape index (κ1) is 21.1. The third kappa shape index (κ3) is 4.26. The first-order valence-corrected chi connectivity index (χ1v) is 12.0. The molecular weight excluding hydrogens is 424 g/mol. The lowest BCUT2D eigenvalue weighted by Crippen LogP contribution is -2.51. The smallest absolute Gasteiger partial charge is 0.240 e. The summed E-state index contributed by atoms with van der Waals surface area (Å²) < 4.78 is 0. The van der Waals surface area contributed by atoms with Gasteiger partial charge in [0, 0.05) is 62.7 Å². The molecule has 1 aromatic carbocycles. The third-order valence-electron chi connectivity index (χ3n) is 6.65. The lowest BCUT2D eigenvalue weighted by molar-refractivity contribution is -0.133. The Kier molecular flexibility index (Phi) is 5.91. The Labute approximate surface area is 191 Å². The van der Waals surface area contributed by atoms with Crippen molar-refractivity contribution in [2.45, 2.75) is 24.9 Å². The van der Waals surface area contributed by atoms with Crippen molar-refractivity contribution in [1.82, 2.24) is 20.1 Å². The van der Waals surface area contributed by atoms with Gasteiger partial charge in [-0.1, -0.05) is 12.1 Å². The van der Waals surface area contributed by atoms with Gasteiger partial charge in [0.05, 0.1) is 29.9 Å². The Bertz CT molecular complexity index is 1040. The van der Waals surface area contributed by atoms with Gasteiger partial charge in [-0.15, -0.1) is 11.3 Å². The molecule has 0 spiro atoms. The number of carbonyl (C=O) groups is 2. The number of nitriles is 1. The quantitative estimate of drug-likeness (QED) is 0.751. The predicted molar refractivity (Wildman–Crippen MR) is 122 cm³/mol. The number of hydrogen-bond acceptors (Lipinski definition) is 8. The van der Waals surface area contributed by atoms with E-state index in [1.54, 1.807) is 16.2 Å². The van der Waals surface area contributed by atoms with Crippen molar-refractivity contribution in [2.75, 3.05) is 50.7 Å². The van der Waals surface area contributed by atoms with Gasteiger partial charge < -0.3 is 15.1 Å². The predicted octanol–water partition coefficient (Wildman–Crippen LogP) is 1.34. The lowest BCUT2D eigenvalue weighted by atomic mass is 10.1. The molecule has 0 unspecified atom stereocenters. The van der Waals surface area contributed by atoms with Gasteiger partial charge in [-0.25, -0.2) is 4.98 Å². The van der Waals surface area contributed by atoms with E-state index in [4.69, 9.17) is 10.2 Å². The Hall–Kier alpha value is -2.80. The highest BCUT2D eigenvalue weighted by atomic mass is 32.1. The molecule has 2 atom stereocenters. The van der Waals surface area contributed by atoms with Crippen LogP contribution in [0.4, 0.5) is 5.13 Å². The number of aromatic nitrogens is 1. The van der Waals surface area contributed by atoms with Crippen LogP contribution in [0.5, 0.6) is 0 Å². The Morgan fingerprint density at radius 2 is 1.94 bits per heavy atom. The number of carbonyl (C=O) groups excluding carboxylic acids is 2. The fourth-order valence-electron chi connectivity index (χ4n) is 4.76. The van der Waals surface area contributed by atoms with Crippen LogP contribution in [0.1, 0.15) is 18.4 Å². The zero-order chi connectivity index (χ0) is 22.1. The van der Waals surface area contributed by atoms with E-state index >= 15 is 0 Å². The molecule has 8 nitrogen and oxygen atoms in total. The van der Waals surface area contributed by atoms with Crippen LogP contribution in [-0.4, -0.2) is 84.4 Å². The van der Waals surface area contributed by atoms with Crippen molar-refractivity contribution in [3.8, 4) is 17.3 Å². The molecular formula is C23H26N6O2S. The average Bonchev–Trinajstić information content (AvgIpc) is 3.60. The summed E-state index contributed by atoms with van der Waals surface area (Å²) >= 11 is 1.65. The number of Topliss-reactive ketones (excluding diaryl/α,β-unsaturated/α-hetero) is 1. The maximum atomic E-state index is 12.7. The van der Waals surface area contributed by atoms with Crippen LogP contribution in [-0.2, 0) is 9.59 Å². The van der Waals surface area contributed by atoms with Crippen LogP contribution in [0.3, 0.4) is 0 Å². The first-order chi connectivity index (χ1) is 15.6. The molecule has 3 aliphatic heterocycles. The number of nitrogens with one attached hydrogen (secondary N) is 1. The molecule has 1 aromatic heterocycles. The number of hydrogen-bond donors (Lipinski definition) is 1. The van der Waals surface area contributed by atoms with Gasteiger partial charge >= 0.3 is 0 Å². The second kappa shape index (κ2) is 8.98. The average molecular weight is 451 g/mol. The second-order valence-electron chi connectivity index (χ2n) is 8.63. The van der Waals surface area contributed by atoms with Crippen LogP contribution in [0, 0.1) is 11.3 Å². The molecule has 0 aliphatic carbocycles. The van der Waals surface area contributed by atoms with Crippen molar-refractivity contribution >= 4 is 28.2 Å². The summed E-state index contributed by atoms with van der Waals surface area (Å²) in [5, 5.41) is 15.4. The molecule has 2 aromatic rings. The van der Waals surface area contributed by atoms with E-state index in [1.165, 1.54) is 0 Å². The summed E-state index contributed by atoms with van der Waals surface area (Å²) in [6.07, 6.45) is 1.30. The molecule has 166 valence electrons. The highest BCUT2D eigenvalue weighted by Crippen LogP contribution is 2.29. The monoisotopic (exact) mass is 450 g/mol. The summed E-state index contributed by atoms with van der Waals surface area (Å²) in [5.41, 5.74) is 2.62. The van der Waals surface area contributed by atoms with E-state index in [9.17, 15) is 9.59 Å². The van der Waals surface area contributed by atoms with Gasteiger partial charge in [0.2, 0.25) is 5.91 Å².